The number of benzene rings is 3. The summed E-state index contributed by atoms with van der Waals surface area (Å²) in [5.41, 5.74) is 3.83. The Labute approximate surface area is 185 Å². The van der Waals surface area contributed by atoms with Gasteiger partial charge in [0.25, 0.3) is 0 Å². The van der Waals surface area contributed by atoms with Crippen molar-refractivity contribution < 1.29 is 13.5 Å². The van der Waals surface area contributed by atoms with Crippen LogP contribution in [0.5, 0.6) is 5.75 Å². The minimum Gasteiger partial charge on any atom is -0.486 e. The van der Waals surface area contributed by atoms with Crippen LogP contribution < -0.4 is 10.1 Å². The Morgan fingerprint density at radius 1 is 1.00 bits per heavy atom. The van der Waals surface area contributed by atoms with Crippen LogP contribution in [0.3, 0.4) is 0 Å². The fraction of sp³-hybridized carbons (Fsp3) is 0.200. The number of fused-ring (bicyclic) bond motifs is 1. The molecule has 0 bridgehead atoms. The second kappa shape index (κ2) is 9.08. The van der Waals surface area contributed by atoms with Crippen LogP contribution in [0.15, 0.2) is 72.9 Å². The standard InChI is InChI=1S/C25H22F2N2O.ClH/c26-19-11-21(25(22(27)12-19)30-15-16-5-2-1-3-6-16)20-13-23(20)29-14-18-8-4-7-17-9-10-28-24(17)18;/h1-12,20,23,28-29H,13-15H2;1H/t20-,23+;/m0./s1. The number of hydrogen-bond acceptors (Lipinski definition) is 2. The molecule has 1 aliphatic carbocycles. The summed E-state index contributed by atoms with van der Waals surface area (Å²) in [6.45, 7) is 0.938. The molecule has 1 saturated carbocycles. The molecule has 5 rings (SSSR count). The van der Waals surface area contributed by atoms with E-state index in [0.29, 0.717) is 12.1 Å². The van der Waals surface area contributed by atoms with Gasteiger partial charge in [-0.05, 0) is 35.1 Å². The summed E-state index contributed by atoms with van der Waals surface area (Å²) >= 11 is 0. The van der Waals surface area contributed by atoms with Gasteiger partial charge in [0, 0.05) is 41.8 Å². The van der Waals surface area contributed by atoms with Crippen LogP contribution in [0.2, 0.25) is 0 Å². The first-order valence-corrected chi connectivity index (χ1v) is 10.1. The van der Waals surface area contributed by atoms with Gasteiger partial charge in [-0.2, -0.15) is 0 Å². The Bertz CT molecular complexity index is 1180. The van der Waals surface area contributed by atoms with Gasteiger partial charge < -0.3 is 15.0 Å². The van der Waals surface area contributed by atoms with Crippen molar-refractivity contribution in [1.29, 1.82) is 0 Å². The van der Waals surface area contributed by atoms with E-state index in [1.165, 1.54) is 17.0 Å². The normalized spacial score (nSPS) is 17.4. The zero-order valence-corrected chi connectivity index (χ0v) is 17.6. The van der Waals surface area contributed by atoms with E-state index in [9.17, 15) is 8.78 Å². The van der Waals surface area contributed by atoms with E-state index in [1.807, 2.05) is 48.7 Å². The van der Waals surface area contributed by atoms with Crippen LogP contribution in [0.1, 0.15) is 29.0 Å². The molecule has 1 aromatic heterocycles. The molecule has 0 amide bonds. The van der Waals surface area contributed by atoms with Crippen molar-refractivity contribution in [2.45, 2.75) is 31.5 Å². The molecule has 1 fully saturated rings. The lowest BCUT2D eigenvalue weighted by Gasteiger charge is -2.13. The van der Waals surface area contributed by atoms with Crippen molar-refractivity contribution in [3.8, 4) is 5.75 Å². The summed E-state index contributed by atoms with van der Waals surface area (Å²) < 4.78 is 34.3. The van der Waals surface area contributed by atoms with Gasteiger partial charge in [-0.1, -0.05) is 48.5 Å². The van der Waals surface area contributed by atoms with Gasteiger partial charge in [0.2, 0.25) is 0 Å². The lowest BCUT2D eigenvalue weighted by atomic mass is 10.1. The first-order valence-electron chi connectivity index (χ1n) is 10.1. The molecule has 0 spiro atoms. The van der Waals surface area contributed by atoms with Crippen LogP contribution in [-0.4, -0.2) is 11.0 Å². The second-order valence-corrected chi connectivity index (χ2v) is 7.77. The SMILES string of the molecule is Cl.Fc1cc(F)c(OCc2ccccc2)c([C@@H]2C[C@H]2NCc2cccc3cc[nH]c23)c1. The van der Waals surface area contributed by atoms with Crippen molar-refractivity contribution >= 4 is 23.3 Å². The smallest absolute Gasteiger partial charge is 0.168 e. The van der Waals surface area contributed by atoms with Crippen LogP contribution in [0.4, 0.5) is 8.78 Å². The molecule has 1 aliphatic rings. The van der Waals surface area contributed by atoms with Gasteiger partial charge in [-0.15, -0.1) is 12.4 Å². The lowest BCUT2D eigenvalue weighted by molar-refractivity contribution is 0.285. The third-order valence-electron chi connectivity index (χ3n) is 5.68. The second-order valence-electron chi connectivity index (χ2n) is 7.77. The predicted molar refractivity (Wildman–Crippen MR) is 121 cm³/mol. The maximum Gasteiger partial charge on any atom is 0.168 e. The summed E-state index contributed by atoms with van der Waals surface area (Å²) in [6.07, 6.45) is 2.76. The Hall–Kier alpha value is -2.89. The van der Waals surface area contributed by atoms with Gasteiger partial charge >= 0.3 is 0 Å². The van der Waals surface area contributed by atoms with Crippen LogP contribution in [0.25, 0.3) is 10.9 Å². The summed E-state index contributed by atoms with van der Waals surface area (Å²) in [5.74, 6) is -1.04. The summed E-state index contributed by atoms with van der Waals surface area (Å²) in [6, 6.07) is 20.3. The highest BCUT2D eigenvalue weighted by Crippen LogP contribution is 2.46. The molecular formula is C25H23ClF2N2O. The van der Waals surface area contributed by atoms with Gasteiger partial charge in [0.05, 0.1) is 0 Å². The molecule has 2 N–H and O–H groups in total. The number of ether oxygens (including phenoxy) is 1. The summed E-state index contributed by atoms with van der Waals surface area (Å²) in [4.78, 5) is 3.27. The maximum atomic E-state index is 14.5. The Morgan fingerprint density at radius 2 is 1.84 bits per heavy atom. The molecule has 0 saturated heterocycles. The predicted octanol–water partition coefficient (Wildman–Crippen LogP) is 6.09. The minimum atomic E-state index is -0.650. The summed E-state index contributed by atoms with van der Waals surface area (Å²) in [7, 11) is 0. The van der Waals surface area contributed by atoms with Gasteiger partial charge in [-0.25, -0.2) is 8.78 Å². The highest BCUT2D eigenvalue weighted by Gasteiger charge is 2.41. The van der Waals surface area contributed by atoms with E-state index in [1.54, 1.807) is 0 Å². The first-order chi connectivity index (χ1) is 14.7. The van der Waals surface area contributed by atoms with Crippen LogP contribution >= 0.6 is 12.4 Å². The number of para-hydroxylation sites is 1. The highest BCUT2D eigenvalue weighted by atomic mass is 35.5. The molecule has 31 heavy (non-hydrogen) atoms. The average molecular weight is 441 g/mol. The van der Waals surface area contributed by atoms with Gasteiger partial charge in [0.15, 0.2) is 11.6 Å². The molecule has 3 aromatic carbocycles. The van der Waals surface area contributed by atoms with Gasteiger partial charge in [0.1, 0.15) is 12.4 Å². The topological polar surface area (TPSA) is 37.0 Å². The molecule has 0 radical (unpaired) electrons. The van der Waals surface area contributed by atoms with Crippen molar-refractivity contribution in [3.63, 3.8) is 0 Å². The summed E-state index contributed by atoms with van der Waals surface area (Å²) in [5, 5.41) is 4.69. The number of H-pyrrole nitrogens is 1. The number of hydrogen-bond donors (Lipinski definition) is 2. The van der Waals surface area contributed by atoms with E-state index < -0.39 is 11.6 Å². The minimum absolute atomic E-state index is 0. The Morgan fingerprint density at radius 3 is 2.68 bits per heavy atom. The van der Waals surface area contributed by atoms with E-state index in [0.717, 1.165) is 23.6 Å². The molecule has 2 atom stereocenters. The molecule has 160 valence electrons. The number of nitrogens with one attached hydrogen (secondary N) is 2. The Balaban J connectivity index is 0.00000231. The van der Waals surface area contributed by atoms with Crippen molar-refractivity contribution in [3.05, 3.63) is 101 Å². The number of aromatic nitrogens is 1. The van der Waals surface area contributed by atoms with E-state index in [-0.39, 0.29) is 36.7 Å². The largest absolute Gasteiger partial charge is 0.486 e. The van der Waals surface area contributed by atoms with Crippen molar-refractivity contribution in [1.82, 2.24) is 10.3 Å². The fourth-order valence-corrected chi connectivity index (χ4v) is 4.04. The van der Waals surface area contributed by atoms with E-state index in [4.69, 9.17) is 4.74 Å². The lowest BCUT2D eigenvalue weighted by Crippen LogP contribution is -2.17. The molecule has 1 heterocycles. The van der Waals surface area contributed by atoms with Gasteiger partial charge in [-0.3, -0.25) is 0 Å². The highest BCUT2D eigenvalue weighted by molar-refractivity contribution is 5.85. The third-order valence-corrected chi connectivity index (χ3v) is 5.68. The number of aromatic amines is 1. The van der Waals surface area contributed by atoms with E-state index >= 15 is 0 Å². The molecule has 4 aromatic rings. The molecule has 3 nitrogen and oxygen atoms in total. The molecule has 0 unspecified atom stereocenters. The molecular weight excluding hydrogens is 418 g/mol. The monoisotopic (exact) mass is 440 g/mol. The molecule has 0 aliphatic heterocycles. The zero-order valence-electron chi connectivity index (χ0n) is 16.8. The Kier molecular flexibility index (Phi) is 6.25. The van der Waals surface area contributed by atoms with Crippen LogP contribution in [0, 0.1) is 11.6 Å². The number of halogens is 3. The van der Waals surface area contributed by atoms with E-state index in [2.05, 4.69) is 22.4 Å². The quantitative estimate of drug-likeness (QED) is 0.364. The zero-order chi connectivity index (χ0) is 20.5. The third kappa shape index (κ3) is 4.58. The average Bonchev–Trinajstić information content (AvgIpc) is 3.36. The molecule has 6 heteroatoms. The van der Waals surface area contributed by atoms with Crippen molar-refractivity contribution in [2.24, 2.45) is 0 Å². The fourth-order valence-electron chi connectivity index (χ4n) is 4.04. The maximum absolute atomic E-state index is 14.5. The van der Waals surface area contributed by atoms with Crippen molar-refractivity contribution in [2.75, 3.05) is 0 Å². The number of rotatable bonds is 7. The first kappa shape index (κ1) is 21.3. The van der Waals surface area contributed by atoms with Crippen LogP contribution in [-0.2, 0) is 13.2 Å².